The Morgan fingerprint density at radius 3 is 2.67 bits per heavy atom. The summed E-state index contributed by atoms with van der Waals surface area (Å²) in [4.78, 5) is 10.9. The Morgan fingerprint density at radius 1 is 1.47 bits per heavy atom. The molecular weight excluding hydrogens is 193 g/mol. The van der Waals surface area contributed by atoms with Gasteiger partial charge in [-0.05, 0) is 12.0 Å². The van der Waals surface area contributed by atoms with E-state index in [9.17, 15) is 4.79 Å². The van der Waals surface area contributed by atoms with Crippen molar-refractivity contribution in [3.63, 3.8) is 0 Å². The summed E-state index contributed by atoms with van der Waals surface area (Å²) >= 11 is 0. The van der Waals surface area contributed by atoms with Gasteiger partial charge in [0.2, 0.25) is 0 Å². The van der Waals surface area contributed by atoms with E-state index < -0.39 is 11.8 Å². The van der Waals surface area contributed by atoms with E-state index in [2.05, 4.69) is 0 Å². The van der Waals surface area contributed by atoms with E-state index in [4.69, 9.17) is 15.5 Å². The molecule has 1 rings (SSSR count). The van der Waals surface area contributed by atoms with Crippen molar-refractivity contribution in [3.8, 4) is 0 Å². The summed E-state index contributed by atoms with van der Waals surface area (Å²) < 4.78 is 4.93. The number of benzene rings is 1. The Balaban J connectivity index is 2.55. The molecule has 0 fully saturated rings. The fraction of sp³-hybridized carbons (Fsp3) is 0.300. The van der Waals surface area contributed by atoms with Crippen LogP contribution in [0.2, 0.25) is 5.82 Å². The highest BCUT2D eigenvalue weighted by Crippen LogP contribution is 2.13. The van der Waals surface area contributed by atoms with Crippen LogP contribution in [0.25, 0.3) is 0 Å². The maximum atomic E-state index is 10.9. The summed E-state index contributed by atoms with van der Waals surface area (Å²) in [6.07, 6.45) is 0.468. The van der Waals surface area contributed by atoms with Crippen molar-refractivity contribution in [1.29, 1.82) is 0 Å². The van der Waals surface area contributed by atoms with Crippen LogP contribution in [0.3, 0.4) is 0 Å². The third-order valence-corrected chi connectivity index (χ3v) is 2.11. The van der Waals surface area contributed by atoms with E-state index in [1.54, 1.807) is 0 Å². The van der Waals surface area contributed by atoms with Gasteiger partial charge >= 0.3 is 5.97 Å². The van der Waals surface area contributed by atoms with E-state index in [0.29, 0.717) is 6.42 Å². The number of aliphatic carboxylic acids is 1. The van der Waals surface area contributed by atoms with Gasteiger partial charge in [0.25, 0.3) is 7.48 Å². The van der Waals surface area contributed by atoms with Crippen LogP contribution in [0.1, 0.15) is 5.56 Å². The zero-order chi connectivity index (χ0) is 11.1. The van der Waals surface area contributed by atoms with Crippen molar-refractivity contribution in [2.75, 3.05) is 6.73 Å². The largest absolute Gasteiger partial charge is 0.481 e. The Labute approximate surface area is 89.3 Å². The fourth-order valence-corrected chi connectivity index (χ4v) is 1.33. The van der Waals surface area contributed by atoms with Gasteiger partial charge in [0.05, 0.1) is 12.5 Å². The Hall–Kier alpha value is -1.33. The fourth-order valence-electron chi connectivity index (χ4n) is 1.33. The highest BCUT2D eigenvalue weighted by Gasteiger charge is 2.19. The number of hydrogen-bond donors (Lipinski definition) is 2. The lowest BCUT2D eigenvalue weighted by molar-refractivity contribution is -0.137. The number of carboxylic acid groups (broad SMARTS) is 1. The molecule has 5 heteroatoms. The Morgan fingerprint density at radius 2 is 2.13 bits per heavy atom. The molecular formula is C10H14BNO3. The molecule has 0 bridgehead atoms. The highest BCUT2D eigenvalue weighted by atomic mass is 16.4. The first kappa shape index (κ1) is 11.7. The number of nitrogens with two attached hydrogens (primary N) is 1. The van der Waals surface area contributed by atoms with Crippen LogP contribution in [0.4, 0.5) is 0 Å². The van der Waals surface area contributed by atoms with Crippen molar-refractivity contribution >= 4 is 13.5 Å². The number of rotatable bonds is 6. The lowest BCUT2D eigenvalue weighted by atomic mass is 9.76. The molecule has 0 aliphatic rings. The van der Waals surface area contributed by atoms with Gasteiger partial charge < -0.3 is 15.5 Å². The first-order valence-electron chi connectivity index (χ1n) is 4.78. The molecule has 1 aromatic carbocycles. The number of hydrogen-bond acceptors (Lipinski definition) is 3. The molecule has 0 radical (unpaired) electrons. The van der Waals surface area contributed by atoms with E-state index in [1.165, 1.54) is 0 Å². The van der Waals surface area contributed by atoms with Gasteiger partial charge in [-0.3, -0.25) is 4.79 Å². The molecule has 1 aromatic rings. The molecule has 0 saturated carbocycles. The van der Waals surface area contributed by atoms with Crippen LogP contribution in [0.15, 0.2) is 30.3 Å². The number of carbonyl (C=O) groups is 1. The molecule has 0 unspecified atom stereocenters. The smallest absolute Gasteiger partial charge is 0.301 e. The first-order chi connectivity index (χ1) is 7.24. The monoisotopic (exact) mass is 207 g/mol. The SMILES string of the molecule is NCOB[C@H](Cc1ccccc1)C(=O)O. The zero-order valence-electron chi connectivity index (χ0n) is 8.43. The van der Waals surface area contributed by atoms with E-state index in [1.807, 2.05) is 30.3 Å². The van der Waals surface area contributed by atoms with Gasteiger partial charge in [0, 0.05) is 0 Å². The maximum Gasteiger partial charge on any atom is 0.301 e. The van der Waals surface area contributed by atoms with Gasteiger partial charge in [-0.1, -0.05) is 30.3 Å². The summed E-state index contributed by atoms with van der Waals surface area (Å²) in [7, 11) is 0.153. The predicted octanol–water partition coefficient (Wildman–Crippen LogP) is 0.386. The van der Waals surface area contributed by atoms with Crippen molar-refractivity contribution in [3.05, 3.63) is 35.9 Å². The van der Waals surface area contributed by atoms with E-state index >= 15 is 0 Å². The molecule has 3 N–H and O–H groups in total. The van der Waals surface area contributed by atoms with Crippen molar-refractivity contribution in [1.82, 2.24) is 0 Å². The second kappa shape index (κ2) is 6.21. The maximum absolute atomic E-state index is 10.9. The van der Waals surface area contributed by atoms with Gasteiger partial charge in [-0.15, -0.1) is 0 Å². The molecule has 1 atom stereocenters. The molecule has 0 aliphatic carbocycles. The molecule has 0 aromatic heterocycles. The predicted molar refractivity (Wildman–Crippen MR) is 58.8 cm³/mol. The summed E-state index contributed by atoms with van der Waals surface area (Å²) in [6.45, 7) is 0.0541. The number of carboxylic acids is 1. The third-order valence-electron chi connectivity index (χ3n) is 2.11. The molecule has 15 heavy (non-hydrogen) atoms. The molecule has 80 valence electrons. The topological polar surface area (TPSA) is 72.5 Å². The lowest BCUT2D eigenvalue weighted by Gasteiger charge is -2.10. The van der Waals surface area contributed by atoms with Crippen LogP contribution < -0.4 is 5.73 Å². The third kappa shape index (κ3) is 4.14. The van der Waals surface area contributed by atoms with Crippen molar-refractivity contribution in [2.24, 2.45) is 5.73 Å². The molecule has 0 spiro atoms. The standard InChI is InChI=1S/C10H14BNO3/c12-7-15-11-9(10(13)14)6-8-4-2-1-3-5-8/h1-5,9,11H,6-7,12H2,(H,13,14)/t9-/m1/s1. The van der Waals surface area contributed by atoms with Crippen molar-refractivity contribution < 1.29 is 14.6 Å². The normalized spacial score (nSPS) is 12.1. The summed E-state index contributed by atoms with van der Waals surface area (Å²) in [5.74, 6) is -1.39. The molecule has 0 heterocycles. The lowest BCUT2D eigenvalue weighted by Crippen LogP contribution is -2.21. The van der Waals surface area contributed by atoms with Gasteiger partial charge in [-0.2, -0.15) is 0 Å². The minimum Gasteiger partial charge on any atom is -0.481 e. The van der Waals surface area contributed by atoms with Crippen LogP contribution >= 0.6 is 0 Å². The average molecular weight is 207 g/mol. The minimum absolute atomic E-state index is 0.0541. The van der Waals surface area contributed by atoms with E-state index in [-0.39, 0.29) is 14.2 Å². The quantitative estimate of drug-likeness (QED) is 0.522. The summed E-state index contributed by atoms with van der Waals surface area (Å²) in [6, 6.07) is 9.47. The molecule has 4 nitrogen and oxygen atoms in total. The molecule has 0 saturated heterocycles. The van der Waals surface area contributed by atoms with Crippen LogP contribution in [0.5, 0.6) is 0 Å². The van der Waals surface area contributed by atoms with Gasteiger partial charge in [0.15, 0.2) is 0 Å². The second-order valence-corrected chi connectivity index (χ2v) is 3.26. The molecule has 0 amide bonds. The van der Waals surface area contributed by atoms with Crippen molar-refractivity contribution in [2.45, 2.75) is 12.2 Å². The summed E-state index contributed by atoms with van der Waals surface area (Å²) in [5, 5.41) is 8.94. The molecule has 0 aliphatic heterocycles. The van der Waals surface area contributed by atoms with E-state index in [0.717, 1.165) is 5.56 Å². The van der Waals surface area contributed by atoms with Crippen LogP contribution in [-0.2, 0) is 15.9 Å². The average Bonchev–Trinajstić information content (AvgIpc) is 2.25. The minimum atomic E-state index is -0.854. The Kier molecular flexibility index (Phi) is 4.87. The van der Waals surface area contributed by atoms with Crippen LogP contribution in [-0.4, -0.2) is 25.3 Å². The summed E-state index contributed by atoms with van der Waals surface area (Å²) in [5.41, 5.74) is 6.15. The first-order valence-corrected chi connectivity index (χ1v) is 4.78. The van der Waals surface area contributed by atoms with Gasteiger partial charge in [-0.25, -0.2) is 0 Å². The zero-order valence-corrected chi connectivity index (χ0v) is 8.43. The van der Waals surface area contributed by atoms with Gasteiger partial charge in [0.1, 0.15) is 0 Å². The van der Waals surface area contributed by atoms with Crippen LogP contribution in [0, 0.1) is 0 Å². The second-order valence-electron chi connectivity index (χ2n) is 3.26. The Bertz CT molecular complexity index is 305. The highest BCUT2D eigenvalue weighted by molar-refractivity contribution is 6.36.